The molecule has 0 spiro atoms. The molecule has 2 aromatic carbocycles. The topological polar surface area (TPSA) is 39.4 Å². The number of fused-ring (bicyclic) bond motifs is 1. The van der Waals surface area contributed by atoms with Crippen LogP contribution in [0.25, 0.3) is 16.7 Å². The lowest BCUT2D eigenvalue weighted by molar-refractivity contribution is 0.373. The van der Waals surface area contributed by atoms with Gasteiger partial charge in [-0.15, -0.1) is 0 Å². The van der Waals surface area contributed by atoms with Gasteiger partial charge in [0.2, 0.25) is 0 Å². The fourth-order valence-corrected chi connectivity index (χ4v) is 2.11. The van der Waals surface area contributed by atoms with Crippen molar-refractivity contribution >= 4 is 16.7 Å². The summed E-state index contributed by atoms with van der Waals surface area (Å²) in [5.74, 6) is -0.0190. The van der Waals surface area contributed by atoms with E-state index in [4.69, 9.17) is 9.15 Å². The molecule has 4 heteroatoms. The van der Waals surface area contributed by atoms with Gasteiger partial charge in [-0.05, 0) is 43.3 Å². The van der Waals surface area contributed by atoms with Crippen molar-refractivity contribution in [3.63, 3.8) is 0 Å². The zero-order valence-corrected chi connectivity index (χ0v) is 11.9. The van der Waals surface area contributed by atoms with Crippen LogP contribution in [0.3, 0.4) is 0 Å². The van der Waals surface area contributed by atoms with Gasteiger partial charge in [-0.3, -0.25) is 4.79 Å². The molecule has 0 aliphatic carbocycles. The molecule has 1 heterocycles. The standard InChI is InChI=1S/C18H13FO3/c1-11-3-8-17-15(9-11)16(20)10-18(22-17)21-12(2)13-4-6-14(19)7-5-13/h3-10H,2H2,1H3. The summed E-state index contributed by atoms with van der Waals surface area (Å²) in [5.41, 5.74) is 1.84. The highest BCUT2D eigenvalue weighted by molar-refractivity contribution is 5.77. The molecule has 0 N–H and O–H groups in total. The van der Waals surface area contributed by atoms with Gasteiger partial charge in [0.15, 0.2) is 5.43 Å². The lowest BCUT2D eigenvalue weighted by Gasteiger charge is -2.08. The highest BCUT2D eigenvalue weighted by Crippen LogP contribution is 2.23. The first kappa shape index (κ1) is 14.1. The van der Waals surface area contributed by atoms with Crippen LogP contribution in [0.15, 0.2) is 64.3 Å². The van der Waals surface area contributed by atoms with Crippen molar-refractivity contribution in [1.82, 2.24) is 0 Å². The van der Waals surface area contributed by atoms with E-state index in [9.17, 15) is 9.18 Å². The molecule has 1 aromatic heterocycles. The highest BCUT2D eigenvalue weighted by atomic mass is 19.1. The van der Waals surface area contributed by atoms with Gasteiger partial charge >= 0.3 is 0 Å². The highest BCUT2D eigenvalue weighted by Gasteiger charge is 2.09. The largest absolute Gasteiger partial charge is 0.426 e. The van der Waals surface area contributed by atoms with Crippen molar-refractivity contribution in [1.29, 1.82) is 0 Å². The van der Waals surface area contributed by atoms with Crippen LogP contribution in [0.5, 0.6) is 5.95 Å². The van der Waals surface area contributed by atoms with E-state index in [0.29, 0.717) is 16.5 Å². The molecule has 0 radical (unpaired) electrons. The summed E-state index contributed by atoms with van der Waals surface area (Å²) in [6.07, 6.45) is 0. The van der Waals surface area contributed by atoms with E-state index in [2.05, 4.69) is 6.58 Å². The number of rotatable bonds is 3. The summed E-state index contributed by atoms with van der Waals surface area (Å²) in [4.78, 5) is 12.1. The molecule has 0 aliphatic rings. The minimum Gasteiger partial charge on any atom is -0.426 e. The molecule has 3 nitrogen and oxygen atoms in total. The van der Waals surface area contributed by atoms with E-state index in [-0.39, 0.29) is 23.0 Å². The number of hydrogen-bond acceptors (Lipinski definition) is 3. The molecule has 110 valence electrons. The van der Waals surface area contributed by atoms with Gasteiger partial charge in [0.25, 0.3) is 5.95 Å². The predicted molar refractivity (Wildman–Crippen MR) is 83.3 cm³/mol. The van der Waals surface area contributed by atoms with E-state index < -0.39 is 0 Å². The van der Waals surface area contributed by atoms with E-state index in [1.807, 2.05) is 13.0 Å². The molecule has 0 atom stereocenters. The Morgan fingerprint density at radius 3 is 2.59 bits per heavy atom. The van der Waals surface area contributed by atoms with Crippen LogP contribution < -0.4 is 10.2 Å². The van der Waals surface area contributed by atoms with Gasteiger partial charge < -0.3 is 9.15 Å². The second-order valence-corrected chi connectivity index (χ2v) is 4.96. The smallest absolute Gasteiger partial charge is 0.294 e. The number of halogens is 1. The van der Waals surface area contributed by atoms with Crippen molar-refractivity contribution < 1.29 is 13.5 Å². The molecule has 3 aromatic rings. The van der Waals surface area contributed by atoms with E-state index in [1.54, 1.807) is 24.3 Å². The monoisotopic (exact) mass is 296 g/mol. The summed E-state index contributed by atoms with van der Waals surface area (Å²) in [5, 5.41) is 0.500. The summed E-state index contributed by atoms with van der Waals surface area (Å²) < 4.78 is 23.9. The van der Waals surface area contributed by atoms with Gasteiger partial charge in [0, 0.05) is 5.56 Å². The number of aryl methyl sites for hydroxylation is 1. The average molecular weight is 296 g/mol. The van der Waals surface area contributed by atoms with Crippen molar-refractivity contribution in [2.75, 3.05) is 0 Å². The SMILES string of the molecule is C=C(Oc1cc(=O)c2cc(C)ccc2o1)c1ccc(F)cc1. The normalized spacial score (nSPS) is 10.6. The van der Waals surface area contributed by atoms with Crippen LogP contribution in [-0.2, 0) is 0 Å². The Balaban J connectivity index is 1.94. The summed E-state index contributed by atoms with van der Waals surface area (Å²) in [6, 6.07) is 12.3. The third-order valence-corrected chi connectivity index (χ3v) is 3.25. The maximum Gasteiger partial charge on any atom is 0.294 e. The first-order valence-corrected chi connectivity index (χ1v) is 6.70. The zero-order valence-electron chi connectivity index (χ0n) is 11.9. The molecule has 3 rings (SSSR count). The Morgan fingerprint density at radius 2 is 1.86 bits per heavy atom. The predicted octanol–water partition coefficient (Wildman–Crippen LogP) is 4.29. The van der Waals surface area contributed by atoms with E-state index in [0.717, 1.165) is 5.56 Å². The molecular formula is C18H13FO3. The quantitative estimate of drug-likeness (QED) is 0.677. The first-order chi connectivity index (χ1) is 10.5. The molecule has 0 unspecified atom stereocenters. The van der Waals surface area contributed by atoms with E-state index in [1.165, 1.54) is 18.2 Å². The number of hydrogen-bond donors (Lipinski definition) is 0. The Hall–Kier alpha value is -2.88. The molecule has 0 bridgehead atoms. The molecule has 0 amide bonds. The molecule has 0 fully saturated rings. The zero-order chi connectivity index (χ0) is 15.7. The van der Waals surface area contributed by atoms with Gasteiger partial charge in [-0.1, -0.05) is 18.2 Å². The van der Waals surface area contributed by atoms with Crippen molar-refractivity contribution in [2.24, 2.45) is 0 Å². The van der Waals surface area contributed by atoms with Crippen LogP contribution >= 0.6 is 0 Å². The lowest BCUT2D eigenvalue weighted by Crippen LogP contribution is -2.02. The van der Waals surface area contributed by atoms with E-state index >= 15 is 0 Å². The minimum atomic E-state index is -0.343. The van der Waals surface area contributed by atoms with Crippen molar-refractivity contribution in [2.45, 2.75) is 6.92 Å². The van der Waals surface area contributed by atoms with Crippen LogP contribution in [0, 0.1) is 12.7 Å². The molecule has 0 saturated heterocycles. The third kappa shape index (κ3) is 2.76. The average Bonchev–Trinajstić information content (AvgIpc) is 2.49. The molecule has 22 heavy (non-hydrogen) atoms. The second kappa shape index (κ2) is 5.48. The maximum absolute atomic E-state index is 12.9. The van der Waals surface area contributed by atoms with Crippen molar-refractivity contribution in [3.8, 4) is 5.95 Å². The van der Waals surface area contributed by atoms with Gasteiger partial charge in [-0.25, -0.2) is 4.39 Å². The second-order valence-electron chi connectivity index (χ2n) is 4.96. The Morgan fingerprint density at radius 1 is 1.14 bits per heavy atom. The van der Waals surface area contributed by atoms with Crippen LogP contribution in [0.4, 0.5) is 4.39 Å². The summed E-state index contributed by atoms with van der Waals surface area (Å²) >= 11 is 0. The molecule has 0 aliphatic heterocycles. The maximum atomic E-state index is 12.9. The summed E-state index contributed by atoms with van der Waals surface area (Å²) in [7, 11) is 0. The first-order valence-electron chi connectivity index (χ1n) is 6.70. The molecule has 0 saturated carbocycles. The third-order valence-electron chi connectivity index (χ3n) is 3.25. The molecular weight excluding hydrogens is 283 g/mol. The van der Waals surface area contributed by atoms with Crippen LogP contribution in [0.1, 0.15) is 11.1 Å². The Labute approximate surface area is 126 Å². The fraction of sp³-hybridized carbons (Fsp3) is 0.0556. The minimum absolute atomic E-state index is 0.0516. The fourth-order valence-electron chi connectivity index (χ4n) is 2.11. The Bertz CT molecular complexity index is 908. The summed E-state index contributed by atoms with van der Waals surface area (Å²) in [6.45, 7) is 5.67. The number of benzene rings is 2. The van der Waals surface area contributed by atoms with Crippen LogP contribution in [0.2, 0.25) is 0 Å². The Kier molecular flexibility index (Phi) is 3.51. The van der Waals surface area contributed by atoms with Gasteiger partial charge in [0.05, 0.1) is 11.5 Å². The lowest BCUT2D eigenvalue weighted by atomic mass is 10.1. The van der Waals surface area contributed by atoms with Gasteiger partial charge in [0.1, 0.15) is 17.2 Å². The van der Waals surface area contributed by atoms with Gasteiger partial charge in [-0.2, -0.15) is 0 Å². The van der Waals surface area contributed by atoms with Crippen LogP contribution in [-0.4, -0.2) is 0 Å². The number of ether oxygens (including phenoxy) is 1. The van der Waals surface area contributed by atoms with Crippen molar-refractivity contribution in [3.05, 3.63) is 82.3 Å².